The first-order valence-electron chi connectivity index (χ1n) is 8.37. The van der Waals surface area contributed by atoms with Crippen molar-refractivity contribution in [3.05, 3.63) is 41.0 Å². The number of hydrogen-bond donors (Lipinski definition) is 2. The van der Waals surface area contributed by atoms with Gasteiger partial charge in [0.1, 0.15) is 0 Å². The summed E-state index contributed by atoms with van der Waals surface area (Å²) in [5, 5.41) is 9.48. The Labute approximate surface area is 144 Å². The molecule has 2 aliphatic heterocycles. The van der Waals surface area contributed by atoms with Crippen LogP contribution in [0.1, 0.15) is 46.4 Å². The fourth-order valence-corrected chi connectivity index (χ4v) is 3.34. The van der Waals surface area contributed by atoms with Gasteiger partial charge in [0.25, 0.3) is 5.91 Å². The van der Waals surface area contributed by atoms with Gasteiger partial charge in [-0.05, 0) is 37.5 Å². The Morgan fingerprint density at radius 2 is 2.32 bits per heavy atom. The Morgan fingerprint density at radius 3 is 3.12 bits per heavy atom. The molecule has 8 nitrogen and oxygen atoms in total. The van der Waals surface area contributed by atoms with Gasteiger partial charge in [0.2, 0.25) is 5.89 Å². The normalized spacial score (nSPS) is 19.5. The van der Waals surface area contributed by atoms with Gasteiger partial charge in [-0.3, -0.25) is 4.79 Å². The molecule has 1 aromatic carbocycles. The second-order valence-corrected chi connectivity index (χ2v) is 6.45. The van der Waals surface area contributed by atoms with Crippen LogP contribution in [0.2, 0.25) is 0 Å². The lowest BCUT2D eigenvalue weighted by Crippen LogP contribution is -2.41. The number of rotatable bonds is 2. The van der Waals surface area contributed by atoms with Crippen molar-refractivity contribution in [3.8, 4) is 0 Å². The highest BCUT2D eigenvalue weighted by atomic mass is 16.5. The average Bonchev–Trinajstić information content (AvgIpc) is 3.21. The molecule has 1 atom stereocenters. The topological polar surface area (TPSA) is 100 Å². The molecule has 0 unspecified atom stereocenters. The lowest BCUT2D eigenvalue weighted by Gasteiger charge is -2.31. The lowest BCUT2D eigenvalue weighted by molar-refractivity contribution is 0.0965. The molecule has 0 bridgehead atoms. The molecular formula is C17H19N5O3. The Bertz CT molecular complexity index is 831. The van der Waals surface area contributed by atoms with E-state index in [9.17, 15) is 9.59 Å². The molecule has 0 aliphatic carbocycles. The number of amides is 3. The van der Waals surface area contributed by atoms with Crippen molar-refractivity contribution in [3.63, 3.8) is 0 Å². The molecule has 1 aromatic heterocycles. The van der Waals surface area contributed by atoms with Gasteiger partial charge in [0, 0.05) is 30.9 Å². The van der Waals surface area contributed by atoms with E-state index in [0.717, 1.165) is 18.4 Å². The van der Waals surface area contributed by atoms with Crippen molar-refractivity contribution in [1.29, 1.82) is 0 Å². The summed E-state index contributed by atoms with van der Waals surface area (Å²) in [6, 6.07) is 5.22. The molecule has 0 radical (unpaired) electrons. The molecule has 1 fully saturated rings. The fraction of sp³-hybridized carbons (Fsp3) is 0.412. The molecule has 3 amide bonds. The molecule has 0 spiro atoms. The number of anilines is 1. The first-order chi connectivity index (χ1) is 12.1. The zero-order chi connectivity index (χ0) is 17.4. The van der Waals surface area contributed by atoms with Gasteiger partial charge in [-0.2, -0.15) is 4.98 Å². The second kappa shape index (κ2) is 6.19. The van der Waals surface area contributed by atoms with Crippen LogP contribution < -0.4 is 10.6 Å². The van der Waals surface area contributed by atoms with Crippen LogP contribution in [0, 0.1) is 6.92 Å². The van der Waals surface area contributed by atoms with Crippen LogP contribution in [0.5, 0.6) is 0 Å². The zero-order valence-electron chi connectivity index (χ0n) is 13.9. The number of hydrogen-bond acceptors (Lipinski definition) is 5. The van der Waals surface area contributed by atoms with E-state index in [0.29, 0.717) is 42.6 Å². The molecule has 1 saturated heterocycles. The predicted molar refractivity (Wildman–Crippen MR) is 89.2 cm³/mol. The highest BCUT2D eigenvalue weighted by Crippen LogP contribution is 2.26. The maximum absolute atomic E-state index is 12.6. The van der Waals surface area contributed by atoms with Crippen LogP contribution in [0.15, 0.2) is 22.7 Å². The van der Waals surface area contributed by atoms with Crippen molar-refractivity contribution in [2.24, 2.45) is 0 Å². The molecule has 25 heavy (non-hydrogen) atoms. The van der Waals surface area contributed by atoms with Crippen LogP contribution >= 0.6 is 0 Å². The number of fused-ring (bicyclic) bond motifs is 1. The Hall–Kier alpha value is -2.90. The number of carbonyl (C=O) groups is 2. The summed E-state index contributed by atoms with van der Waals surface area (Å²) < 4.78 is 5.25. The molecule has 130 valence electrons. The number of carbonyl (C=O) groups excluding carboxylic acids is 2. The average molecular weight is 341 g/mol. The number of urea groups is 1. The van der Waals surface area contributed by atoms with Gasteiger partial charge in [-0.1, -0.05) is 11.2 Å². The van der Waals surface area contributed by atoms with E-state index < -0.39 is 0 Å². The highest BCUT2D eigenvalue weighted by Gasteiger charge is 2.28. The van der Waals surface area contributed by atoms with Crippen LogP contribution in [0.25, 0.3) is 0 Å². The van der Waals surface area contributed by atoms with Crippen LogP contribution in [-0.4, -0.2) is 40.1 Å². The lowest BCUT2D eigenvalue weighted by atomic mass is 9.98. The van der Waals surface area contributed by atoms with E-state index in [1.807, 2.05) is 12.1 Å². The molecule has 4 rings (SSSR count). The summed E-state index contributed by atoms with van der Waals surface area (Å²) in [5.74, 6) is 1.15. The van der Waals surface area contributed by atoms with Crippen LogP contribution in [-0.2, 0) is 6.54 Å². The Morgan fingerprint density at radius 1 is 1.44 bits per heavy atom. The maximum Gasteiger partial charge on any atom is 0.321 e. The summed E-state index contributed by atoms with van der Waals surface area (Å²) in [5.41, 5.74) is 2.19. The van der Waals surface area contributed by atoms with Crippen LogP contribution in [0.3, 0.4) is 0 Å². The fourth-order valence-electron chi connectivity index (χ4n) is 3.34. The molecule has 8 heteroatoms. The van der Waals surface area contributed by atoms with Gasteiger partial charge in [0.05, 0.1) is 5.92 Å². The number of benzene rings is 1. The summed E-state index contributed by atoms with van der Waals surface area (Å²) in [4.78, 5) is 30.4. The highest BCUT2D eigenvalue weighted by molar-refractivity contribution is 6.00. The van der Waals surface area contributed by atoms with E-state index in [2.05, 4.69) is 20.8 Å². The molecule has 2 aromatic rings. The van der Waals surface area contributed by atoms with Gasteiger partial charge in [-0.15, -0.1) is 0 Å². The molecule has 0 saturated carbocycles. The third-order valence-electron chi connectivity index (χ3n) is 4.65. The van der Waals surface area contributed by atoms with E-state index in [-0.39, 0.29) is 17.9 Å². The monoisotopic (exact) mass is 341 g/mol. The Kier molecular flexibility index (Phi) is 3.87. The summed E-state index contributed by atoms with van der Waals surface area (Å²) in [6.45, 7) is 3.55. The van der Waals surface area contributed by atoms with E-state index in [1.54, 1.807) is 17.9 Å². The number of nitrogens with one attached hydrogen (secondary N) is 2. The van der Waals surface area contributed by atoms with E-state index in [4.69, 9.17) is 4.52 Å². The predicted octanol–water partition coefficient (Wildman–Crippen LogP) is 2.03. The largest absolute Gasteiger partial charge is 0.348 e. The molecule has 3 heterocycles. The smallest absolute Gasteiger partial charge is 0.321 e. The van der Waals surface area contributed by atoms with Crippen LogP contribution in [0.4, 0.5) is 10.5 Å². The number of nitrogens with zero attached hydrogens (tertiary/aromatic N) is 3. The standard InChI is InChI=1S/C17H19N5O3/c1-10-19-16(25-21-10)12-3-2-6-22(9-12)17(24)20-13-5-4-11-8-18-15(23)14(11)7-13/h4-5,7,12H,2-3,6,8-9H2,1H3,(H,18,23)(H,20,24)/t12-/m0/s1. The minimum atomic E-state index is -0.181. The third-order valence-corrected chi connectivity index (χ3v) is 4.65. The van der Waals surface area contributed by atoms with Gasteiger partial charge in [0.15, 0.2) is 5.82 Å². The first kappa shape index (κ1) is 15.6. The van der Waals surface area contributed by atoms with Crippen molar-refractivity contribution in [2.75, 3.05) is 18.4 Å². The minimum Gasteiger partial charge on any atom is -0.348 e. The van der Waals surface area contributed by atoms with Gasteiger partial charge < -0.3 is 20.1 Å². The third kappa shape index (κ3) is 3.07. The SMILES string of the molecule is Cc1noc([C@H]2CCCN(C(=O)Nc3ccc4c(c3)C(=O)NC4)C2)n1. The summed E-state index contributed by atoms with van der Waals surface area (Å²) in [6.07, 6.45) is 1.80. The Balaban J connectivity index is 1.44. The van der Waals surface area contributed by atoms with Crippen molar-refractivity contribution < 1.29 is 14.1 Å². The van der Waals surface area contributed by atoms with Gasteiger partial charge in [-0.25, -0.2) is 4.79 Å². The maximum atomic E-state index is 12.6. The summed E-state index contributed by atoms with van der Waals surface area (Å²) >= 11 is 0. The van der Waals surface area contributed by atoms with Crippen molar-refractivity contribution in [2.45, 2.75) is 32.2 Å². The molecular weight excluding hydrogens is 322 g/mol. The first-order valence-corrected chi connectivity index (χ1v) is 8.37. The minimum absolute atomic E-state index is 0.0616. The molecule has 2 aliphatic rings. The second-order valence-electron chi connectivity index (χ2n) is 6.45. The van der Waals surface area contributed by atoms with E-state index >= 15 is 0 Å². The number of aromatic nitrogens is 2. The quantitative estimate of drug-likeness (QED) is 0.870. The zero-order valence-corrected chi connectivity index (χ0v) is 13.9. The summed E-state index contributed by atoms with van der Waals surface area (Å²) in [7, 11) is 0. The van der Waals surface area contributed by atoms with E-state index in [1.165, 1.54) is 0 Å². The number of piperidine rings is 1. The number of aryl methyl sites for hydroxylation is 1. The molecule has 2 N–H and O–H groups in total. The van der Waals surface area contributed by atoms with Crippen molar-refractivity contribution in [1.82, 2.24) is 20.4 Å². The van der Waals surface area contributed by atoms with Gasteiger partial charge >= 0.3 is 6.03 Å². The van der Waals surface area contributed by atoms with Crippen molar-refractivity contribution >= 4 is 17.6 Å². The number of likely N-dealkylation sites (tertiary alicyclic amines) is 1.